The van der Waals surface area contributed by atoms with E-state index in [4.69, 9.17) is 0 Å². The fourth-order valence-electron chi connectivity index (χ4n) is 1.43. The predicted octanol–water partition coefficient (Wildman–Crippen LogP) is 0.835. The number of amides is 1. The molecule has 0 N–H and O–H groups in total. The highest BCUT2D eigenvalue weighted by Crippen LogP contribution is 2.12. The van der Waals surface area contributed by atoms with Gasteiger partial charge in [-0.15, -0.1) is 11.3 Å². The first-order valence-corrected chi connectivity index (χ1v) is 5.36. The van der Waals surface area contributed by atoms with E-state index in [2.05, 4.69) is 4.98 Å². The highest BCUT2D eigenvalue weighted by atomic mass is 32.1. The molecule has 0 aromatic carbocycles. The van der Waals surface area contributed by atoms with Gasteiger partial charge in [-0.2, -0.15) is 0 Å². The molecule has 4 nitrogen and oxygen atoms in total. The van der Waals surface area contributed by atoms with Crippen molar-refractivity contribution >= 4 is 23.0 Å². The molecule has 1 aromatic heterocycles. The lowest BCUT2D eigenvalue weighted by molar-refractivity contribution is -0.139. The number of hydrogen-bond donors (Lipinski definition) is 0. The van der Waals surface area contributed by atoms with Crippen LogP contribution in [0, 0.1) is 0 Å². The van der Waals surface area contributed by atoms with Gasteiger partial charge in [0.2, 0.25) is 5.91 Å². The van der Waals surface area contributed by atoms with Gasteiger partial charge in [0.25, 0.3) is 0 Å². The van der Waals surface area contributed by atoms with Crippen LogP contribution in [0.5, 0.6) is 0 Å². The summed E-state index contributed by atoms with van der Waals surface area (Å²) in [5.41, 5.74) is 2.65. The second kappa shape index (κ2) is 3.88. The maximum Gasteiger partial charge on any atom is 0.230 e. The highest BCUT2D eigenvalue weighted by Gasteiger charge is 2.23. The van der Waals surface area contributed by atoms with Crippen LogP contribution < -0.4 is 0 Å². The van der Waals surface area contributed by atoms with Gasteiger partial charge in [-0.25, -0.2) is 4.98 Å². The molecule has 0 atom stereocenters. The van der Waals surface area contributed by atoms with E-state index < -0.39 is 0 Å². The maximum absolute atomic E-state index is 11.4. The lowest BCUT2D eigenvalue weighted by Gasteiger charge is -2.25. The third-order valence-electron chi connectivity index (χ3n) is 2.20. The zero-order valence-electron chi connectivity index (χ0n) is 7.60. The largest absolute Gasteiger partial charge is 0.336 e. The quantitative estimate of drug-likeness (QED) is 0.679. The van der Waals surface area contributed by atoms with E-state index in [1.54, 1.807) is 10.4 Å². The predicted molar refractivity (Wildman–Crippen MR) is 51.8 cm³/mol. The molecule has 0 radical (unpaired) electrons. The van der Waals surface area contributed by atoms with E-state index in [0.717, 1.165) is 5.69 Å². The van der Waals surface area contributed by atoms with Crippen LogP contribution in [-0.4, -0.2) is 28.1 Å². The smallest absolute Gasteiger partial charge is 0.230 e. The van der Waals surface area contributed by atoms with E-state index in [9.17, 15) is 9.59 Å². The van der Waals surface area contributed by atoms with E-state index >= 15 is 0 Å². The van der Waals surface area contributed by atoms with Crippen LogP contribution in [0.4, 0.5) is 0 Å². The van der Waals surface area contributed by atoms with Gasteiger partial charge in [-0.05, 0) is 0 Å². The second-order valence-electron chi connectivity index (χ2n) is 3.26. The molecule has 1 aliphatic rings. The Hall–Kier alpha value is -1.23. The molecule has 0 unspecified atom stereocenters. The molecule has 1 fully saturated rings. The first kappa shape index (κ1) is 9.33. The number of likely N-dealkylation sites (tertiary alicyclic amines) is 1. The van der Waals surface area contributed by atoms with Gasteiger partial charge in [0, 0.05) is 18.3 Å². The Morgan fingerprint density at radius 2 is 2.36 bits per heavy atom. The Balaban J connectivity index is 1.99. The fraction of sp³-hybridized carbons (Fsp3) is 0.444. The van der Waals surface area contributed by atoms with Crippen molar-refractivity contribution in [3.8, 4) is 0 Å². The molecular weight excluding hydrogens is 200 g/mol. The number of hydrogen-bond acceptors (Lipinski definition) is 4. The molecular formula is C9H10N2O2S. The molecule has 2 rings (SSSR count). The van der Waals surface area contributed by atoms with Crippen LogP contribution in [0.15, 0.2) is 10.9 Å². The third kappa shape index (κ3) is 1.98. The Bertz CT molecular complexity index is 348. The number of piperidine rings is 1. The van der Waals surface area contributed by atoms with Gasteiger partial charge in [0.15, 0.2) is 0 Å². The summed E-state index contributed by atoms with van der Waals surface area (Å²) >= 11 is 1.51. The Morgan fingerprint density at radius 3 is 3.00 bits per heavy atom. The molecule has 5 heteroatoms. The average Bonchev–Trinajstić information content (AvgIpc) is 2.62. The highest BCUT2D eigenvalue weighted by molar-refractivity contribution is 7.07. The molecule has 74 valence electrons. The first-order valence-electron chi connectivity index (χ1n) is 4.42. The van der Waals surface area contributed by atoms with Crippen molar-refractivity contribution in [2.24, 2.45) is 0 Å². The van der Waals surface area contributed by atoms with Crippen LogP contribution >= 0.6 is 11.3 Å². The Labute approximate surface area is 85.6 Å². The Morgan fingerprint density at radius 1 is 1.50 bits per heavy atom. The maximum atomic E-state index is 11.4. The average molecular weight is 210 g/mol. The second-order valence-corrected chi connectivity index (χ2v) is 3.98. The van der Waals surface area contributed by atoms with E-state index in [1.807, 2.05) is 5.38 Å². The van der Waals surface area contributed by atoms with Crippen LogP contribution in [0.2, 0.25) is 0 Å². The molecule has 0 aliphatic carbocycles. The number of thiazole rings is 1. The van der Waals surface area contributed by atoms with E-state index in [-0.39, 0.29) is 18.1 Å². The Kier molecular flexibility index (Phi) is 2.58. The zero-order valence-corrected chi connectivity index (χ0v) is 8.42. The zero-order chi connectivity index (χ0) is 9.97. The minimum Gasteiger partial charge on any atom is -0.336 e. The summed E-state index contributed by atoms with van der Waals surface area (Å²) in [7, 11) is 0. The van der Waals surface area contributed by atoms with Gasteiger partial charge in [-0.1, -0.05) is 0 Å². The summed E-state index contributed by atoms with van der Waals surface area (Å²) in [5.74, 6) is -0.0289. The van der Waals surface area contributed by atoms with Crippen molar-refractivity contribution < 1.29 is 9.59 Å². The molecule has 1 saturated heterocycles. The molecule has 1 amide bonds. The molecule has 14 heavy (non-hydrogen) atoms. The summed E-state index contributed by atoms with van der Waals surface area (Å²) in [6, 6.07) is 0. The number of aromatic nitrogens is 1. The van der Waals surface area contributed by atoms with Crippen LogP contribution in [-0.2, 0) is 16.1 Å². The number of nitrogens with zero attached hydrogens (tertiary/aromatic N) is 2. The van der Waals surface area contributed by atoms with Gasteiger partial charge in [-0.3, -0.25) is 9.59 Å². The minimum absolute atomic E-state index is 0.0459. The van der Waals surface area contributed by atoms with Crippen molar-refractivity contribution in [1.82, 2.24) is 9.88 Å². The molecule has 0 spiro atoms. The van der Waals surface area contributed by atoms with Crippen LogP contribution in [0.1, 0.15) is 18.5 Å². The van der Waals surface area contributed by atoms with Crippen molar-refractivity contribution in [2.75, 3.05) is 6.54 Å². The fourth-order valence-corrected chi connectivity index (χ4v) is 1.98. The molecule has 1 aromatic rings. The first-order chi connectivity index (χ1) is 6.75. The molecule has 0 saturated carbocycles. The van der Waals surface area contributed by atoms with Crippen molar-refractivity contribution in [3.63, 3.8) is 0 Å². The van der Waals surface area contributed by atoms with Crippen LogP contribution in [0.3, 0.4) is 0 Å². The molecule has 1 aliphatic heterocycles. The van der Waals surface area contributed by atoms with E-state index in [1.165, 1.54) is 11.3 Å². The molecule has 0 bridgehead atoms. The lowest BCUT2D eigenvalue weighted by Crippen LogP contribution is -2.38. The summed E-state index contributed by atoms with van der Waals surface area (Å²) in [6.45, 7) is 1.07. The van der Waals surface area contributed by atoms with Gasteiger partial charge in [0.1, 0.15) is 5.78 Å². The number of carbonyl (C=O) groups is 2. The van der Waals surface area contributed by atoms with Crippen molar-refractivity contribution in [2.45, 2.75) is 19.4 Å². The number of rotatable bonds is 2. The van der Waals surface area contributed by atoms with Crippen LogP contribution in [0.25, 0.3) is 0 Å². The summed E-state index contributed by atoms with van der Waals surface area (Å²) in [6.07, 6.45) is 0.542. The minimum atomic E-state index is -0.0748. The van der Waals surface area contributed by atoms with Crippen molar-refractivity contribution in [1.29, 1.82) is 0 Å². The van der Waals surface area contributed by atoms with E-state index in [0.29, 0.717) is 19.5 Å². The van der Waals surface area contributed by atoms with Gasteiger partial charge in [0.05, 0.1) is 24.2 Å². The third-order valence-corrected chi connectivity index (χ3v) is 2.83. The molecule has 2 heterocycles. The number of ketones is 1. The number of carbonyl (C=O) groups excluding carboxylic acids is 2. The monoisotopic (exact) mass is 210 g/mol. The normalized spacial score (nSPS) is 17.6. The summed E-state index contributed by atoms with van der Waals surface area (Å²) < 4.78 is 0. The lowest BCUT2D eigenvalue weighted by atomic mass is 10.1. The standard InChI is InChI=1S/C9H10N2O2S/c12-8-1-2-11(9(13)3-8)4-7-5-14-6-10-7/h5-6H,1-4H2. The van der Waals surface area contributed by atoms with Crippen molar-refractivity contribution in [3.05, 3.63) is 16.6 Å². The number of Topliss-reactive ketones (excluding diaryl/α,β-unsaturated/α-hetero) is 1. The van der Waals surface area contributed by atoms with Gasteiger partial charge >= 0.3 is 0 Å². The summed E-state index contributed by atoms with van der Waals surface area (Å²) in [5, 5.41) is 1.92. The topological polar surface area (TPSA) is 50.3 Å². The SMILES string of the molecule is O=C1CCN(Cc2cscn2)C(=O)C1. The van der Waals surface area contributed by atoms with Gasteiger partial charge < -0.3 is 4.90 Å². The summed E-state index contributed by atoms with van der Waals surface area (Å²) in [4.78, 5) is 28.2.